The van der Waals surface area contributed by atoms with Gasteiger partial charge < -0.3 is 9.26 Å². The molecule has 1 aliphatic heterocycles. The van der Waals surface area contributed by atoms with Gasteiger partial charge in [-0.05, 0) is 25.5 Å². The highest BCUT2D eigenvalue weighted by Gasteiger charge is 2.22. The molecule has 0 saturated carbocycles. The van der Waals surface area contributed by atoms with Crippen LogP contribution in [0.3, 0.4) is 0 Å². The SMILES string of the molecule is Cc1nc(COC2CCCN(Cc3ccc(F)cc3F)C2)no1. The molecule has 2 aromatic rings. The average molecular weight is 323 g/mol. The minimum Gasteiger partial charge on any atom is -0.369 e. The number of halogens is 2. The maximum atomic E-state index is 13.7. The number of piperidine rings is 1. The Morgan fingerprint density at radius 3 is 3.00 bits per heavy atom. The third-order valence-corrected chi connectivity index (χ3v) is 3.89. The van der Waals surface area contributed by atoms with Crippen LogP contribution in [-0.4, -0.2) is 34.2 Å². The highest BCUT2D eigenvalue weighted by molar-refractivity contribution is 5.18. The first-order valence-corrected chi connectivity index (χ1v) is 7.67. The van der Waals surface area contributed by atoms with E-state index in [-0.39, 0.29) is 6.10 Å². The van der Waals surface area contributed by atoms with Crippen molar-refractivity contribution < 1.29 is 18.0 Å². The van der Waals surface area contributed by atoms with Gasteiger partial charge in [0.05, 0.1) is 6.10 Å². The number of rotatable bonds is 5. The molecule has 1 aromatic heterocycles. The van der Waals surface area contributed by atoms with E-state index in [2.05, 4.69) is 15.0 Å². The third-order valence-electron chi connectivity index (χ3n) is 3.89. The summed E-state index contributed by atoms with van der Waals surface area (Å²) in [6.07, 6.45) is 1.96. The fourth-order valence-corrected chi connectivity index (χ4v) is 2.78. The topological polar surface area (TPSA) is 51.4 Å². The second kappa shape index (κ2) is 7.14. The van der Waals surface area contributed by atoms with Crippen LogP contribution in [0.5, 0.6) is 0 Å². The molecular formula is C16H19F2N3O2. The Balaban J connectivity index is 1.53. The minimum atomic E-state index is -0.554. The molecule has 23 heavy (non-hydrogen) atoms. The number of ether oxygens (including phenoxy) is 1. The molecule has 0 N–H and O–H groups in total. The first-order valence-electron chi connectivity index (χ1n) is 7.67. The number of hydrogen-bond acceptors (Lipinski definition) is 5. The van der Waals surface area contributed by atoms with E-state index in [9.17, 15) is 8.78 Å². The van der Waals surface area contributed by atoms with Crippen LogP contribution in [0, 0.1) is 18.6 Å². The zero-order chi connectivity index (χ0) is 16.2. The minimum absolute atomic E-state index is 0.0473. The van der Waals surface area contributed by atoms with Gasteiger partial charge in [-0.1, -0.05) is 11.2 Å². The maximum absolute atomic E-state index is 13.7. The van der Waals surface area contributed by atoms with Crippen LogP contribution in [0.2, 0.25) is 0 Å². The second-order valence-electron chi connectivity index (χ2n) is 5.78. The van der Waals surface area contributed by atoms with Crippen molar-refractivity contribution >= 4 is 0 Å². The van der Waals surface area contributed by atoms with Crippen LogP contribution in [-0.2, 0) is 17.9 Å². The molecule has 1 aromatic carbocycles. The molecule has 5 nitrogen and oxygen atoms in total. The summed E-state index contributed by atoms with van der Waals surface area (Å²) in [6.45, 7) is 4.07. The van der Waals surface area contributed by atoms with Crippen LogP contribution < -0.4 is 0 Å². The summed E-state index contributed by atoms with van der Waals surface area (Å²) in [7, 11) is 0. The summed E-state index contributed by atoms with van der Waals surface area (Å²) in [5.41, 5.74) is 0.501. The smallest absolute Gasteiger partial charge is 0.223 e. The average Bonchev–Trinajstić information content (AvgIpc) is 2.94. The number of benzene rings is 1. The van der Waals surface area contributed by atoms with E-state index in [1.165, 1.54) is 12.1 Å². The molecular weight excluding hydrogens is 304 g/mol. The van der Waals surface area contributed by atoms with Gasteiger partial charge in [-0.2, -0.15) is 4.98 Å². The first-order chi connectivity index (χ1) is 11.1. The normalized spacial score (nSPS) is 19.2. The van der Waals surface area contributed by atoms with Gasteiger partial charge in [0.2, 0.25) is 5.89 Å². The molecule has 124 valence electrons. The molecule has 1 atom stereocenters. The van der Waals surface area contributed by atoms with Crippen molar-refractivity contribution in [2.75, 3.05) is 13.1 Å². The number of aryl methyl sites for hydroxylation is 1. The molecule has 0 spiro atoms. The monoisotopic (exact) mass is 323 g/mol. The van der Waals surface area contributed by atoms with E-state index in [1.54, 1.807) is 6.92 Å². The second-order valence-corrected chi connectivity index (χ2v) is 5.78. The maximum Gasteiger partial charge on any atom is 0.223 e. The Hall–Kier alpha value is -1.86. The fraction of sp³-hybridized carbons (Fsp3) is 0.500. The molecule has 1 fully saturated rings. The summed E-state index contributed by atoms with van der Waals surface area (Å²) < 4.78 is 37.4. The highest BCUT2D eigenvalue weighted by Crippen LogP contribution is 2.19. The van der Waals surface area contributed by atoms with Gasteiger partial charge in [0.25, 0.3) is 0 Å². The Morgan fingerprint density at radius 1 is 1.39 bits per heavy atom. The van der Waals surface area contributed by atoms with Crippen molar-refractivity contribution in [2.45, 2.75) is 39.0 Å². The number of likely N-dealkylation sites (tertiary alicyclic amines) is 1. The largest absolute Gasteiger partial charge is 0.369 e. The van der Waals surface area contributed by atoms with Crippen molar-refractivity contribution in [3.63, 3.8) is 0 Å². The summed E-state index contributed by atoms with van der Waals surface area (Å²) in [4.78, 5) is 6.22. The highest BCUT2D eigenvalue weighted by atomic mass is 19.1. The lowest BCUT2D eigenvalue weighted by atomic mass is 10.1. The van der Waals surface area contributed by atoms with Gasteiger partial charge in [-0.15, -0.1) is 0 Å². The van der Waals surface area contributed by atoms with Crippen LogP contribution in [0.4, 0.5) is 8.78 Å². The lowest BCUT2D eigenvalue weighted by Crippen LogP contribution is -2.39. The Kier molecular flexibility index (Phi) is 4.97. The van der Waals surface area contributed by atoms with E-state index >= 15 is 0 Å². The van der Waals surface area contributed by atoms with Crippen molar-refractivity contribution in [2.24, 2.45) is 0 Å². The van der Waals surface area contributed by atoms with Gasteiger partial charge in [-0.25, -0.2) is 8.78 Å². The third kappa shape index (κ3) is 4.33. The molecule has 3 rings (SSSR count). The van der Waals surface area contributed by atoms with Gasteiger partial charge in [0.1, 0.15) is 18.2 Å². The predicted octanol–water partition coefficient (Wildman–Crippen LogP) is 2.84. The molecule has 2 heterocycles. The van der Waals surface area contributed by atoms with Crippen LogP contribution in [0.1, 0.15) is 30.1 Å². The molecule has 1 unspecified atom stereocenters. The molecule has 1 aliphatic rings. The summed E-state index contributed by atoms with van der Waals surface area (Å²) in [6, 6.07) is 3.71. The van der Waals surface area contributed by atoms with Gasteiger partial charge in [0.15, 0.2) is 5.82 Å². The number of hydrogen-bond donors (Lipinski definition) is 0. The summed E-state index contributed by atoms with van der Waals surface area (Å²) in [5, 5.41) is 3.80. The molecule has 0 amide bonds. The zero-order valence-electron chi connectivity index (χ0n) is 13.0. The lowest BCUT2D eigenvalue weighted by Gasteiger charge is -2.32. The van der Waals surface area contributed by atoms with E-state index in [1.807, 2.05) is 0 Å². The number of nitrogens with zero attached hydrogens (tertiary/aromatic N) is 3. The first kappa shape index (κ1) is 16.0. The Morgan fingerprint density at radius 2 is 2.26 bits per heavy atom. The Labute approximate surface area is 133 Å². The quantitative estimate of drug-likeness (QED) is 0.847. The van der Waals surface area contributed by atoms with Crippen molar-refractivity contribution in [1.29, 1.82) is 0 Å². The van der Waals surface area contributed by atoms with E-state index in [0.717, 1.165) is 25.5 Å². The van der Waals surface area contributed by atoms with E-state index < -0.39 is 11.6 Å². The van der Waals surface area contributed by atoms with Crippen LogP contribution in [0.15, 0.2) is 22.7 Å². The lowest BCUT2D eigenvalue weighted by molar-refractivity contribution is -0.0153. The fourth-order valence-electron chi connectivity index (χ4n) is 2.78. The van der Waals surface area contributed by atoms with Crippen molar-refractivity contribution in [3.8, 4) is 0 Å². The standard InChI is InChI=1S/C16H19F2N3O2/c1-11-19-16(20-23-11)10-22-14-3-2-6-21(9-14)8-12-4-5-13(17)7-15(12)18/h4-5,7,14H,2-3,6,8-10H2,1H3. The van der Waals surface area contributed by atoms with Crippen molar-refractivity contribution in [3.05, 3.63) is 47.1 Å². The van der Waals surface area contributed by atoms with Gasteiger partial charge >= 0.3 is 0 Å². The summed E-state index contributed by atoms with van der Waals surface area (Å²) in [5.74, 6) is -0.0123. The van der Waals surface area contributed by atoms with Gasteiger partial charge in [-0.3, -0.25) is 4.90 Å². The van der Waals surface area contributed by atoms with Crippen LogP contribution >= 0.6 is 0 Å². The summed E-state index contributed by atoms with van der Waals surface area (Å²) >= 11 is 0. The van der Waals surface area contributed by atoms with E-state index in [4.69, 9.17) is 9.26 Å². The molecule has 0 aliphatic carbocycles. The van der Waals surface area contributed by atoms with E-state index in [0.29, 0.717) is 37.0 Å². The van der Waals surface area contributed by atoms with Gasteiger partial charge in [0, 0.05) is 31.6 Å². The molecule has 7 heteroatoms. The van der Waals surface area contributed by atoms with Crippen LogP contribution in [0.25, 0.3) is 0 Å². The molecule has 0 bridgehead atoms. The number of aromatic nitrogens is 2. The predicted molar refractivity (Wildman–Crippen MR) is 78.5 cm³/mol. The van der Waals surface area contributed by atoms with Crippen molar-refractivity contribution in [1.82, 2.24) is 15.0 Å². The molecule has 0 radical (unpaired) electrons. The Bertz CT molecular complexity index is 663. The molecule has 1 saturated heterocycles. The zero-order valence-corrected chi connectivity index (χ0v) is 13.0.